The minimum Gasteiger partial charge on any atom is -0.496 e. The lowest BCUT2D eigenvalue weighted by atomic mass is 10.1. The predicted octanol–water partition coefficient (Wildman–Crippen LogP) is 3.62. The first-order valence-electron chi connectivity index (χ1n) is 9.44. The van der Waals surface area contributed by atoms with Gasteiger partial charge in [-0.2, -0.15) is 0 Å². The van der Waals surface area contributed by atoms with E-state index in [0.717, 1.165) is 19.0 Å². The van der Waals surface area contributed by atoms with E-state index >= 15 is 0 Å². The first-order chi connectivity index (χ1) is 14.1. The summed E-state index contributed by atoms with van der Waals surface area (Å²) in [5.41, 5.74) is 7.15. The van der Waals surface area contributed by atoms with Gasteiger partial charge in [0.25, 0.3) is 0 Å². The third-order valence-corrected chi connectivity index (χ3v) is 4.30. The van der Waals surface area contributed by atoms with Gasteiger partial charge in [-0.25, -0.2) is 9.97 Å². The molecule has 0 saturated heterocycles. The fourth-order valence-corrected chi connectivity index (χ4v) is 3.08. The van der Waals surface area contributed by atoms with Crippen molar-refractivity contribution in [2.75, 3.05) is 25.1 Å². The van der Waals surface area contributed by atoms with E-state index in [0.29, 0.717) is 35.0 Å². The highest BCUT2D eigenvalue weighted by Gasteiger charge is 2.31. The molecule has 0 spiro atoms. The Morgan fingerprint density at radius 2 is 1.93 bits per heavy atom. The molecule has 2 aromatic rings. The van der Waals surface area contributed by atoms with Gasteiger partial charge in [0.1, 0.15) is 11.5 Å². The van der Waals surface area contributed by atoms with Crippen molar-refractivity contribution >= 4 is 11.7 Å². The molecule has 1 heterocycles. The number of hydrogen-bond donors (Lipinski definition) is 1. The van der Waals surface area contributed by atoms with Crippen LogP contribution in [0.25, 0.3) is 11.3 Å². The van der Waals surface area contributed by atoms with E-state index < -0.39 is 18.0 Å². The molecule has 164 valence electrons. The Morgan fingerprint density at radius 3 is 2.47 bits per heavy atom. The maximum atomic E-state index is 12.5. The van der Waals surface area contributed by atoms with E-state index in [2.05, 4.69) is 14.7 Å². The average molecular weight is 426 g/mol. The summed E-state index contributed by atoms with van der Waals surface area (Å²) in [4.78, 5) is 22.8. The number of rotatable bonds is 9. The van der Waals surface area contributed by atoms with Gasteiger partial charge < -0.3 is 20.1 Å². The first-order valence-corrected chi connectivity index (χ1v) is 9.44. The minimum atomic E-state index is -4.82. The Balaban J connectivity index is 2.59. The number of nitrogens with zero attached hydrogens (tertiary/aromatic N) is 3. The second-order valence-corrected chi connectivity index (χ2v) is 6.56. The standard InChI is InChI=1S/C20H25F3N4O3/c1-5-9-27(6-2)19-15(11-17(24)28)26-18(12(3)25-19)14-8-7-13(10-16(14)29-4)30-20(21,22)23/h7-8,10H,5-6,9,11H2,1-4H3,(H2,24,28). The van der Waals surface area contributed by atoms with Gasteiger partial charge >= 0.3 is 6.36 Å². The van der Waals surface area contributed by atoms with Crippen molar-refractivity contribution in [2.24, 2.45) is 5.73 Å². The number of anilines is 1. The number of aryl methyl sites for hydroxylation is 1. The van der Waals surface area contributed by atoms with Gasteiger partial charge in [-0.3, -0.25) is 4.79 Å². The van der Waals surface area contributed by atoms with Crippen LogP contribution in [0.1, 0.15) is 31.7 Å². The molecule has 0 aliphatic rings. The summed E-state index contributed by atoms with van der Waals surface area (Å²) < 4.78 is 46.8. The van der Waals surface area contributed by atoms with Crippen molar-refractivity contribution in [1.29, 1.82) is 0 Å². The molecule has 0 aliphatic carbocycles. The van der Waals surface area contributed by atoms with Gasteiger partial charge in [0, 0.05) is 24.7 Å². The molecular formula is C20H25F3N4O3. The molecule has 1 amide bonds. The summed E-state index contributed by atoms with van der Waals surface area (Å²) in [6.07, 6.45) is -4.06. The van der Waals surface area contributed by atoms with Crippen molar-refractivity contribution in [3.63, 3.8) is 0 Å². The van der Waals surface area contributed by atoms with Crippen molar-refractivity contribution in [2.45, 2.75) is 40.0 Å². The summed E-state index contributed by atoms with van der Waals surface area (Å²) in [5.74, 6) is -0.278. The SMILES string of the molecule is CCCN(CC)c1nc(C)c(-c2ccc(OC(F)(F)F)cc2OC)nc1CC(N)=O. The molecule has 1 aromatic carbocycles. The summed E-state index contributed by atoms with van der Waals surface area (Å²) in [6, 6.07) is 3.71. The number of aromatic nitrogens is 2. The monoisotopic (exact) mass is 426 g/mol. The van der Waals surface area contributed by atoms with Gasteiger partial charge in [0.05, 0.1) is 30.6 Å². The number of nitrogens with two attached hydrogens (primary N) is 1. The Labute approximate surface area is 173 Å². The zero-order valence-corrected chi connectivity index (χ0v) is 17.3. The molecular weight excluding hydrogens is 401 g/mol. The number of carbonyl (C=O) groups excluding carboxylic acids is 1. The van der Waals surface area contributed by atoms with Crippen molar-refractivity contribution in [3.8, 4) is 22.8 Å². The number of ether oxygens (including phenoxy) is 2. The van der Waals surface area contributed by atoms with Crippen LogP contribution >= 0.6 is 0 Å². The Morgan fingerprint density at radius 1 is 1.23 bits per heavy atom. The van der Waals surface area contributed by atoms with E-state index in [4.69, 9.17) is 10.5 Å². The van der Waals surface area contributed by atoms with Gasteiger partial charge in [0.2, 0.25) is 5.91 Å². The largest absolute Gasteiger partial charge is 0.573 e. The molecule has 0 bridgehead atoms. The molecule has 0 atom stereocenters. The van der Waals surface area contributed by atoms with Crippen LogP contribution in [0.5, 0.6) is 11.5 Å². The highest BCUT2D eigenvalue weighted by Crippen LogP contribution is 2.36. The summed E-state index contributed by atoms with van der Waals surface area (Å²) >= 11 is 0. The first kappa shape index (κ1) is 23.2. The average Bonchev–Trinajstić information content (AvgIpc) is 2.65. The Kier molecular flexibility index (Phi) is 7.47. The van der Waals surface area contributed by atoms with Gasteiger partial charge in [-0.05, 0) is 32.4 Å². The Bertz CT molecular complexity index is 904. The quantitative estimate of drug-likeness (QED) is 0.659. The predicted molar refractivity (Wildman–Crippen MR) is 107 cm³/mol. The topological polar surface area (TPSA) is 90.6 Å². The molecule has 2 N–H and O–H groups in total. The number of carbonyl (C=O) groups is 1. The van der Waals surface area contributed by atoms with Gasteiger partial charge in [-0.15, -0.1) is 13.2 Å². The molecule has 1 aromatic heterocycles. The van der Waals surface area contributed by atoms with E-state index in [1.807, 2.05) is 18.7 Å². The van der Waals surface area contributed by atoms with E-state index in [1.165, 1.54) is 19.2 Å². The number of primary amides is 1. The molecule has 0 saturated carbocycles. The van der Waals surface area contributed by atoms with Crippen molar-refractivity contribution < 1.29 is 27.4 Å². The molecule has 0 aliphatic heterocycles. The highest BCUT2D eigenvalue weighted by molar-refractivity contribution is 5.79. The second-order valence-electron chi connectivity index (χ2n) is 6.56. The van der Waals surface area contributed by atoms with Crippen molar-refractivity contribution in [3.05, 3.63) is 29.6 Å². The third kappa shape index (κ3) is 5.74. The zero-order valence-electron chi connectivity index (χ0n) is 17.3. The summed E-state index contributed by atoms with van der Waals surface area (Å²) in [6.45, 7) is 7.12. The lowest BCUT2D eigenvalue weighted by Gasteiger charge is -2.24. The van der Waals surface area contributed by atoms with Crippen LogP contribution in [-0.4, -0.2) is 42.4 Å². The number of benzene rings is 1. The van der Waals surface area contributed by atoms with Crippen LogP contribution in [0.3, 0.4) is 0 Å². The van der Waals surface area contributed by atoms with Gasteiger partial charge in [-0.1, -0.05) is 6.92 Å². The highest BCUT2D eigenvalue weighted by atomic mass is 19.4. The van der Waals surface area contributed by atoms with Crippen LogP contribution < -0.4 is 20.1 Å². The maximum Gasteiger partial charge on any atom is 0.573 e. The van der Waals surface area contributed by atoms with Crippen LogP contribution in [0.4, 0.5) is 19.0 Å². The van der Waals surface area contributed by atoms with Crippen LogP contribution in [0, 0.1) is 6.92 Å². The van der Waals surface area contributed by atoms with Crippen LogP contribution in [0.15, 0.2) is 18.2 Å². The maximum absolute atomic E-state index is 12.5. The smallest absolute Gasteiger partial charge is 0.496 e. The number of halogens is 3. The molecule has 0 radical (unpaired) electrons. The summed E-state index contributed by atoms with van der Waals surface area (Å²) in [5, 5.41) is 0. The number of alkyl halides is 3. The van der Waals surface area contributed by atoms with Crippen LogP contribution in [-0.2, 0) is 11.2 Å². The minimum absolute atomic E-state index is 0.118. The normalized spacial score (nSPS) is 11.3. The summed E-state index contributed by atoms with van der Waals surface area (Å²) in [7, 11) is 1.33. The molecule has 10 heteroatoms. The van der Waals surface area contributed by atoms with Crippen LogP contribution in [0.2, 0.25) is 0 Å². The zero-order chi connectivity index (χ0) is 22.5. The molecule has 30 heavy (non-hydrogen) atoms. The molecule has 0 unspecified atom stereocenters. The lowest BCUT2D eigenvalue weighted by Crippen LogP contribution is -2.28. The second kappa shape index (κ2) is 9.64. The molecule has 7 nitrogen and oxygen atoms in total. The van der Waals surface area contributed by atoms with Gasteiger partial charge in [0.15, 0.2) is 5.82 Å². The van der Waals surface area contributed by atoms with E-state index in [9.17, 15) is 18.0 Å². The van der Waals surface area contributed by atoms with E-state index in [-0.39, 0.29) is 12.2 Å². The number of hydrogen-bond acceptors (Lipinski definition) is 6. The fourth-order valence-electron chi connectivity index (χ4n) is 3.08. The van der Waals surface area contributed by atoms with Crippen molar-refractivity contribution in [1.82, 2.24) is 9.97 Å². The molecule has 2 rings (SSSR count). The Hall–Kier alpha value is -3.04. The lowest BCUT2D eigenvalue weighted by molar-refractivity contribution is -0.274. The third-order valence-electron chi connectivity index (χ3n) is 4.30. The number of methoxy groups -OCH3 is 1. The number of amides is 1. The molecule has 0 fully saturated rings. The fraction of sp³-hybridized carbons (Fsp3) is 0.450. The van der Waals surface area contributed by atoms with E-state index in [1.54, 1.807) is 6.92 Å².